The van der Waals surface area contributed by atoms with Crippen LogP contribution in [-0.4, -0.2) is 26.8 Å². The van der Waals surface area contributed by atoms with Gasteiger partial charge in [0.2, 0.25) is 0 Å². The second kappa shape index (κ2) is 9.64. The summed E-state index contributed by atoms with van der Waals surface area (Å²) in [6.45, 7) is 0.363. The number of methoxy groups -OCH3 is 2. The molecule has 1 heterocycles. The third-order valence-electron chi connectivity index (χ3n) is 6.43. The molecule has 0 radical (unpaired) electrons. The van der Waals surface area contributed by atoms with Crippen LogP contribution in [0.3, 0.4) is 0 Å². The van der Waals surface area contributed by atoms with E-state index in [1.807, 2.05) is 6.07 Å². The molecule has 2 aliphatic rings. The van der Waals surface area contributed by atoms with Crippen LogP contribution in [0.15, 0.2) is 42.5 Å². The van der Waals surface area contributed by atoms with Crippen molar-refractivity contribution in [3.8, 4) is 28.7 Å². The number of hydrogen-bond acceptors (Lipinski definition) is 6. The van der Waals surface area contributed by atoms with E-state index in [0.29, 0.717) is 47.8 Å². The van der Waals surface area contributed by atoms with Crippen LogP contribution in [0.5, 0.6) is 28.7 Å². The van der Waals surface area contributed by atoms with Gasteiger partial charge in [0, 0.05) is 40.8 Å². The Bertz CT molecular complexity index is 1300. The average molecular weight is 500 g/mol. The van der Waals surface area contributed by atoms with E-state index in [4.69, 9.17) is 23.7 Å². The number of benzene rings is 3. The highest BCUT2D eigenvalue weighted by molar-refractivity contribution is 5.71. The first kappa shape index (κ1) is 23.8. The summed E-state index contributed by atoms with van der Waals surface area (Å²) in [7, 11) is 2.52. The molecule has 0 bridgehead atoms. The lowest BCUT2D eigenvalue weighted by Gasteiger charge is -2.17. The number of ether oxygens (including phenoxy) is 5. The number of rotatable bonds is 7. The molecule has 3 aromatic rings. The van der Waals surface area contributed by atoms with Crippen molar-refractivity contribution in [3.63, 3.8) is 0 Å². The van der Waals surface area contributed by atoms with Gasteiger partial charge < -0.3 is 23.7 Å². The molecule has 0 N–H and O–H groups in total. The Hall–Kier alpha value is -3.88. The molecule has 6 nitrogen and oxygen atoms in total. The number of hydrogen-bond donors (Lipinski definition) is 0. The van der Waals surface area contributed by atoms with Gasteiger partial charge in [-0.05, 0) is 31.0 Å². The van der Waals surface area contributed by atoms with E-state index < -0.39 is 29.3 Å². The molecule has 2 atom stereocenters. The fraction of sp³-hybridized carbons (Fsp3) is 0.296. The first-order chi connectivity index (χ1) is 17.4. The summed E-state index contributed by atoms with van der Waals surface area (Å²) >= 11 is 0. The minimum Gasteiger partial charge on any atom is -0.492 e. The van der Waals surface area contributed by atoms with Crippen LogP contribution in [0.4, 0.5) is 13.2 Å². The van der Waals surface area contributed by atoms with Crippen LogP contribution in [0, 0.1) is 17.5 Å². The zero-order valence-corrected chi connectivity index (χ0v) is 19.6. The van der Waals surface area contributed by atoms with Crippen molar-refractivity contribution in [3.05, 3.63) is 76.6 Å². The van der Waals surface area contributed by atoms with Crippen molar-refractivity contribution in [2.75, 3.05) is 20.8 Å². The Balaban J connectivity index is 1.36. The molecule has 0 aromatic heterocycles. The summed E-state index contributed by atoms with van der Waals surface area (Å²) < 4.78 is 70.1. The van der Waals surface area contributed by atoms with Gasteiger partial charge in [0.05, 0.1) is 27.2 Å². The van der Waals surface area contributed by atoms with E-state index in [2.05, 4.69) is 0 Å². The third kappa shape index (κ3) is 4.41. The normalized spacial score (nSPS) is 17.7. The molecule has 9 heteroatoms. The molecule has 0 spiro atoms. The molecule has 5 rings (SSSR count). The van der Waals surface area contributed by atoms with Gasteiger partial charge in [0.25, 0.3) is 0 Å². The summed E-state index contributed by atoms with van der Waals surface area (Å²) in [5.41, 5.74) is 1.81. The van der Waals surface area contributed by atoms with Gasteiger partial charge in [-0.2, -0.15) is 0 Å². The van der Waals surface area contributed by atoms with Gasteiger partial charge in [0.15, 0.2) is 17.4 Å². The van der Waals surface area contributed by atoms with Crippen LogP contribution >= 0.6 is 0 Å². The smallest absolute Gasteiger partial charge is 0.306 e. The third-order valence-corrected chi connectivity index (χ3v) is 6.43. The maximum Gasteiger partial charge on any atom is 0.306 e. The van der Waals surface area contributed by atoms with E-state index in [1.165, 1.54) is 26.4 Å². The van der Waals surface area contributed by atoms with E-state index >= 15 is 0 Å². The van der Waals surface area contributed by atoms with E-state index in [9.17, 15) is 18.0 Å². The molecule has 1 aliphatic carbocycles. The zero-order valence-electron chi connectivity index (χ0n) is 19.6. The van der Waals surface area contributed by atoms with Crippen molar-refractivity contribution in [1.29, 1.82) is 0 Å². The molecular formula is C27H23F3O6. The summed E-state index contributed by atoms with van der Waals surface area (Å²) in [4.78, 5) is 11.6. The molecule has 36 heavy (non-hydrogen) atoms. The molecule has 0 saturated heterocycles. The van der Waals surface area contributed by atoms with Crippen molar-refractivity contribution in [2.45, 2.75) is 31.3 Å². The minimum absolute atomic E-state index is 0.0683. The van der Waals surface area contributed by atoms with Crippen molar-refractivity contribution >= 4 is 5.97 Å². The standard InChI is InChI=1S/C27H23F3O6/c1-32-25(31)9-14-13-34-24-12-15(3-4-17(14)24)35-23-7-5-18-22(8-6-19(28)26(18)23)36-16-10-20(29)27(33-2)21(30)11-16/h3-4,6,8,10-12,14,23H,5,7,9,13H2,1-2H3/t14?,23-/m1/s1. The molecule has 188 valence electrons. The van der Waals surface area contributed by atoms with E-state index in [0.717, 1.165) is 17.7 Å². The van der Waals surface area contributed by atoms with Gasteiger partial charge in [-0.15, -0.1) is 0 Å². The number of esters is 1. The summed E-state index contributed by atoms with van der Waals surface area (Å²) in [6, 6.07) is 10.0. The fourth-order valence-electron chi connectivity index (χ4n) is 4.72. The monoisotopic (exact) mass is 500 g/mol. The molecule has 1 aliphatic heterocycles. The SMILES string of the molecule is COC(=O)CC1COc2cc(O[C@@H]3CCc4c(Oc5cc(F)c(OC)c(F)c5)ccc(F)c43)ccc21. The largest absolute Gasteiger partial charge is 0.492 e. The summed E-state index contributed by atoms with van der Waals surface area (Å²) in [5.74, 6) is -1.84. The molecule has 0 amide bonds. The number of fused-ring (bicyclic) bond motifs is 2. The predicted molar refractivity (Wildman–Crippen MR) is 122 cm³/mol. The number of carbonyl (C=O) groups excluding carboxylic acids is 1. The Morgan fingerprint density at radius 1 is 1.00 bits per heavy atom. The highest BCUT2D eigenvalue weighted by Gasteiger charge is 2.32. The van der Waals surface area contributed by atoms with Crippen molar-refractivity contribution < 1.29 is 41.7 Å². The van der Waals surface area contributed by atoms with Crippen LogP contribution in [0.1, 0.15) is 41.6 Å². The maximum atomic E-state index is 14.9. The van der Waals surface area contributed by atoms with Gasteiger partial charge in [-0.25, -0.2) is 13.2 Å². The lowest BCUT2D eigenvalue weighted by molar-refractivity contribution is -0.141. The van der Waals surface area contributed by atoms with Crippen LogP contribution in [-0.2, 0) is 16.0 Å². The van der Waals surface area contributed by atoms with Gasteiger partial charge in [-0.3, -0.25) is 4.79 Å². The Morgan fingerprint density at radius 3 is 2.50 bits per heavy atom. The second-order valence-electron chi connectivity index (χ2n) is 8.59. The Kier molecular flexibility index (Phi) is 6.38. The van der Waals surface area contributed by atoms with Crippen molar-refractivity contribution in [1.82, 2.24) is 0 Å². The highest BCUT2D eigenvalue weighted by Crippen LogP contribution is 2.44. The van der Waals surface area contributed by atoms with Gasteiger partial charge in [-0.1, -0.05) is 6.07 Å². The lowest BCUT2D eigenvalue weighted by Crippen LogP contribution is -2.09. The molecule has 0 saturated carbocycles. The summed E-state index contributed by atoms with van der Waals surface area (Å²) in [5, 5.41) is 0. The highest BCUT2D eigenvalue weighted by atomic mass is 19.1. The number of halogens is 3. The molecule has 0 fully saturated rings. The van der Waals surface area contributed by atoms with E-state index in [1.54, 1.807) is 12.1 Å². The maximum absolute atomic E-state index is 14.9. The molecule has 3 aromatic carbocycles. The topological polar surface area (TPSA) is 63.2 Å². The minimum atomic E-state index is -0.903. The Morgan fingerprint density at radius 2 is 1.78 bits per heavy atom. The molecular weight excluding hydrogens is 477 g/mol. The van der Waals surface area contributed by atoms with Gasteiger partial charge >= 0.3 is 5.97 Å². The fourth-order valence-corrected chi connectivity index (χ4v) is 4.72. The lowest BCUT2D eigenvalue weighted by atomic mass is 9.98. The quantitative estimate of drug-likeness (QED) is 0.370. The Labute approximate surface area is 205 Å². The van der Waals surface area contributed by atoms with E-state index in [-0.39, 0.29) is 24.1 Å². The first-order valence-electron chi connectivity index (χ1n) is 11.4. The zero-order chi connectivity index (χ0) is 25.4. The van der Waals surface area contributed by atoms with Gasteiger partial charge in [0.1, 0.15) is 34.9 Å². The van der Waals surface area contributed by atoms with Crippen LogP contribution < -0.4 is 18.9 Å². The second-order valence-corrected chi connectivity index (χ2v) is 8.59. The summed E-state index contributed by atoms with van der Waals surface area (Å²) in [6.07, 6.45) is 0.575. The predicted octanol–water partition coefficient (Wildman–Crippen LogP) is 6.01. The van der Waals surface area contributed by atoms with Crippen LogP contribution in [0.2, 0.25) is 0 Å². The first-order valence-corrected chi connectivity index (χ1v) is 11.4. The molecule has 1 unspecified atom stereocenters. The average Bonchev–Trinajstić information content (AvgIpc) is 3.45. The van der Waals surface area contributed by atoms with Crippen molar-refractivity contribution in [2.24, 2.45) is 0 Å². The number of carbonyl (C=O) groups is 1. The van der Waals surface area contributed by atoms with Crippen LogP contribution in [0.25, 0.3) is 0 Å².